The summed E-state index contributed by atoms with van der Waals surface area (Å²) in [6.07, 6.45) is 0.174. The van der Waals surface area contributed by atoms with Crippen LogP contribution in [0, 0.1) is 12.8 Å². The molecule has 0 unspecified atom stereocenters. The first-order valence-corrected chi connectivity index (χ1v) is 9.71. The van der Waals surface area contributed by atoms with Crippen molar-refractivity contribution < 1.29 is 14.3 Å². The maximum atomic E-state index is 12.4. The van der Waals surface area contributed by atoms with Crippen molar-refractivity contribution in [2.24, 2.45) is 5.92 Å². The van der Waals surface area contributed by atoms with E-state index in [4.69, 9.17) is 17.0 Å². The van der Waals surface area contributed by atoms with E-state index in [-0.39, 0.29) is 18.2 Å². The van der Waals surface area contributed by atoms with Gasteiger partial charge in [0.25, 0.3) is 0 Å². The van der Waals surface area contributed by atoms with E-state index in [1.807, 2.05) is 55.5 Å². The van der Waals surface area contributed by atoms with E-state index in [1.54, 1.807) is 12.0 Å². The Balaban J connectivity index is 1.44. The van der Waals surface area contributed by atoms with Gasteiger partial charge in [-0.05, 0) is 49.0 Å². The smallest absolute Gasteiger partial charge is 0.243 e. The van der Waals surface area contributed by atoms with Crippen molar-refractivity contribution in [3.8, 4) is 5.75 Å². The first kappa shape index (κ1) is 20.6. The Labute approximate surface area is 175 Å². The summed E-state index contributed by atoms with van der Waals surface area (Å²) in [5, 5.41) is 3.32. The predicted molar refractivity (Wildman–Crippen MR) is 115 cm³/mol. The van der Waals surface area contributed by atoms with E-state index in [0.29, 0.717) is 18.2 Å². The van der Waals surface area contributed by atoms with E-state index in [1.165, 1.54) is 0 Å². The Bertz CT molecular complexity index is 884. The molecule has 2 aromatic rings. The molecule has 0 saturated carbocycles. The first-order valence-electron chi connectivity index (χ1n) is 9.30. The van der Waals surface area contributed by atoms with E-state index in [2.05, 4.69) is 16.2 Å². The molecule has 1 saturated heterocycles. The molecule has 1 atom stereocenters. The van der Waals surface area contributed by atoms with Crippen LogP contribution < -0.4 is 25.8 Å². The second-order valence-corrected chi connectivity index (χ2v) is 7.29. The predicted octanol–water partition coefficient (Wildman–Crippen LogP) is 2.05. The quantitative estimate of drug-likeness (QED) is 0.515. The largest absolute Gasteiger partial charge is 0.497 e. The molecule has 152 valence electrons. The molecule has 0 radical (unpaired) electrons. The molecule has 0 spiro atoms. The highest BCUT2D eigenvalue weighted by atomic mass is 32.1. The molecule has 0 aromatic heterocycles. The zero-order chi connectivity index (χ0) is 20.8. The number of benzene rings is 2. The Kier molecular flexibility index (Phi) is 6.66. The summed E-state index contributed by atoms with van der Waals surface area (Å²) in [4.78, 5) is 26.4. The highest BCUT2D eigenvalue weighted by Crippen LogP contribution is 2.25. The molecule has 1 fully saturated rings. The van der Waals surface area contributed by atoms with E-state index in [9.17, 15) is 9.59 Å². The van der Waals surface area contributed by atoms with E-state index in [0.717, 1.165) is 22.6 Å². The number of methoxy groups -OCH3 is 1. The molecule has 2 aromatic carbocycles. The Hall–Kier alpha value is -3.13. The number of amides is 2. The number of aryl methyl sites for hydroxylation is 1. The van der Waals surface area contributed by atoms with Crippen molar-refractivity contribution >= 4 is 34.8 Å². The second-order valence-electron chi connectivity index (χ2n) is 6.89. The summed E-state index contributed by atoms with van der Waals surface area (Å²) in [7, 11) is 1.62. The molecule has 1 aliphatic rings. The highest BCUT2D eigenvalue weighted by Gasteiger charge is 2.35. The zero-order valence-electron chi connectivity index (χ0n) is 16.4. The topological polar surface area (TPSA) is 82.7 Å². The van der Waals surface area contributed by atoms with Crippen LogP contribution in [0.3, 0.4) is 0 Å². The van der Waals surface area contributed by atoms with Gasteiger partial charge < -0.3 is 15.0 Å². The van der Waals surface area contributed by atoms with Gasteiger partial charge in [-0.1, -0.05) is 29.8 Å². The monoisotopic (exact) mass is 412 g/mol. The fourth-order valence-corrected chi connectivity index (χ4v) is 3.17. The summed E-state index contributed by atoms with van der Waals surface area (Å²) in [6.45, 7) is 2.85. The van der Waals surface area contributed by atoms with Crippen molar-refractivity contribution in [3.63, 3.8) is 0 Å². The Morgan fingerprint density at radius 1 is 1.14 bits per heavy atom. The third-order valence-electron chi connectivity index (χ3n) is 4.75. The van der Waals surface area contributed by atoms with Crippen LogP contribution in [0.1, 0.15) is 17.5 Å². The van der Waals surface area contributed by atoms with Crippen molar-refractivity contribution in [1.82, 2.24) is 16.2 Å². The van der Waals surface area contributed by atoms with Gasteiger partial charge in [-0.2, -0.15) is 0 Å². The molecule has 29 heavy (non-hydrogen) atoms. The minimum Gasteiger partial charge on any atom is -0.497 e. The third-order valence-corrected chi connectivity index (χ3v) is 5.00. The number of thiocarbonyl (C=S) groups is 1. The summed E-state index contributed by atoms with van der Waals surface area (Å²) >= 11 is 5.19. The fraction of sp³-hybridized carbons (Fsp3) is 0.286. The lowest BCUT2D eigenvalue weighted by molar-refractivity contribution is -0.126. The zero-order valence-corrected chi connectivity index (χ0v) is 17.2. The van der Waals surface area contributed by atoms with Crippen LogP contribution in [0.2, 0.25) is 0 Å². The molecule has 2 amide bonds. The van der Waals surface area contributed by atoms with Crippen LogP contribution in [0.4, 0.5) is 5.69 Å². The molecular formula is C21H24N4O3S. The highest BCUT2D eigenvalue weighted by molar-refractivity contribution is 7.80. The molecule has 0 aliphatic carbocycles. The molecule has 8 heteroatoms. The van der Waals surface area contributed by atoms with Gasteiger partial charge in [0.15, 0.2) is 5.11 Å². The number of anilines is 1. The molecule has 0 bridgehead atoms. The number of nitrogens with zero attached hydrogens (tertiary/aromatic N) is 1. The summed E-state index contributed by atoms with van der Waals surface area (Å²) in [5.41, 5.74) is 8.23. The molecule has 1 heterocycles. The molecule has 7 nitrogen and oxygen atoms in total. The van der Waals surface area contributed by atoms with E-state index >= 15 is 0 Å². The van der Waals surface area contributed by atoms with Crippen molar-refractivity contribution in [3.05, 3.63) is 59.7 Å². The lowest BCUT2D eigenvalue weighted by atomic mass is 10.1. The number of hydrogen-bond acceptors (Lipinski definition) is 4. The summed E-state index contributed by atoms with van der Waals surface area (Å²) in [5.74, 6) is 0.0315. The van der Waals surface area contributed by atoms with Crippen molar-refractivity contribution in [2.75, 3.05) is 18.6 Å². The average molecular weight is 413 g/mol. The first-order chi connectivity index (χ1) is 14.0. The number of carbonyl (C=O) groups excluding carboxylic acids is 2. The number of hydrazine groups is 1. The van der Waals surface area contributed by atoms with Crippen LogP contribution in [-0.2, 0) is 16.1 Å². The molecular weight excluding hydrogens is 388 g/mol. The van der Waals surface area contributed by atoms with Gasteiger partial charge in [-0.25, -0.2) is 0 Å². The number of carbonyl (C=O) groups is 2. The average Bonchev–Trinajstić information content (AvgIpc) is 3.13. The van der Waals surface area contributed by atoms with Gasteiger partial charge >= 0.3 is 0 Å². The van der Waals surface area contributed by atoms with Crippen LogP contribution in [0.5, 0.6) is 5.75 Å². The second kappa shape index (κ2) is 9.38. The third kappa shape index (κ3) is 5.45. The van der Waals surface area contributed by atoms with Gasteiger partial charge in [-0.3, -0.25) is 20.4 Å². The number of hydrogen-bond donors (Lipinski definition) is 3. The van der Waals surface area contributed by atoms with Crippen LogP contribution in [0.15, 0.2) is 48.5 Å². The molecule has 1 aliphatic heterocycles. The van der Waals surface area contributed by atoms with E-state index < -0.39 is 5.92 Å². The van der Waals surface area contributed by atoms with Gasteiger partial charge in [0.2, 0.25) is 11.8 Å². The lowest BCUT2D eigenvalue weighted by Gasteiger charge is -2.17. The van der Waals surface area contributed by atoms with Gasteiger partial charge in [0.1, 0.15) is 5.75 Å². The summed E-state index contributed by atoms with van der Waals surface area (Å²) in [6, 6.07) is 15.3. The number of ether oxygens (including phenoxy) is 1. The standard InChI is InChI=1S/C21H24N4O3S/c1-14-3-7-17(8-4-14)25-13-16(11-19(25)26)20(27)23-24-21(29)22-12-15-5-9-18(28-2)10-6-15/h3-10,16H,11-13H2,1-2H3,(H,23,27)(H2,22,24,29)/t16-/m0/s1. The van der Waals surface area contributed by atoms with Crippen molar-refractivity contribution in [1.29, 1.82) is 0 Å². The Morgan fingerprint density at radius 3 is 2.48 bits per heavy atom. The maximum Gasteiger partial charge on any atom is 0.243 e. The lowest BCUT2D eigenvalue weighted by Crippen LogP contribution is -2.48. The van der Waals surface area contributed by atoms with Gasteiger partial charge in [-0.15, -0.1) is 0 Å². The van der Waals surface area contributed by atoms with Crippen LogP contribution in [-0.4, -0.2) is 30.6 Å². The normalized spacial score (nSPS) is 15.7. The molecule has 3 N–H and O–H groups in total. The Morgan fingerprint density at radius 2 is 1.83 bits per heavy atom. The van der Waals surface area contributed by atoms with Gasteiger partial charge in [0, 0.05) is 25.2 Å². The minimum absolute atomic E-state index is 0.0609. The fourth-order valence-electron chi connectivity index (χ4n) is 3.05. The van der Waals surface area contributed by atoms with Gasteiger partial charge in [0.05, 0.1) is 13.0 Å². The van der Waals surface area contributed by atoms with Crippen molar-refractivity contribution in [2.45, 2.75) is 19.9 Å². The summed E-state index contributed by atoms with van der Waals surface area (Å²) < 4.78 is 5.12. The van der Waals surface area contributed by atoms with Crippen LogP contribution in [0.25, 0.3) is 0 Å². The number of nitrogens with one attached hydrogen (secondary N) is 3. The number of rotatable bonds is 5. The minimum atomic E-state index is -0.430. The SMILES string of the molecule is COc1ccc(CNC(=S)NNC(=O)[C@H]2CC(=O)N(c3ccc(C)cc3)C2)cc1. The van der Waals surface area contributed by atoms with Crippen LogP contribution >= 0.6 is 12.2 Å². The maximum absolute atomic E-state index is 12.4. The molecule has 3 rings (SSSR count).